The number of piperidine rings is 1. The average Bonchev–Trinajstić information content (AvgIpc) is 3.15. The summed E-state index contributed by atoms with van der Waals surface area (Å²) in [5.41, 5.74) is 3.67. The summed E-state index contributed by atoms with van der Waals surface area (Å²) in [7, 11) is 0. The van der Waals surface area contributed by atoms with Crippen LogP contribution in [0.15, 0.2) is 47.3 Å². The highest BCUT2D eigenvalue weighted by atomic mass is 16.3. The maximum absolute atomic E-state index is 11.0. The molecule has 1 amide bonds. The van der Waals surface area contributed by atoms with E-state index in [1.54, 1.807) is 18.5 Å². The van der Waals surface area contributed by atoms with Crippen molar-refractivity contribution in [2.24, 2.45) is 11.8 Å². The van der Waals surface area contributed by atoms with E-state index in [9.17, 15) is 4.79 Å². The number of oxazole rings is 1. The quantitative estimate of drug-likeness (QED) is 0.688. The molecule has 2 unspecified atom stereocenters. The monoisotopic (exact) mass is 391 g/mol. The molecule has 2 atom stereocenters. The van der Waals surface area contributed by atoms with Crippen LogP contribution < -0.4 is 10.2 Å². The third-order valence-electron chi connectivity index (χ3n) is 5.16. The first-order valence-electron chi connectivity index (χ1n) is 9.97. The number of hydrogen-bond acceptors (Lipinski definition) is 6. The number of hydrogen-bond donors (Lipinski definition) is 1. The zero-order valence-electron chi connectivity index (χ0n) is 16.7. The van der Waals surface area contributed by atoms with E-state index in [1.807, 2.05) is 38.2 Å². The molecule has 2 fully saturated rings. The number of carbonyl (C=O) groups excluding carboxylic acids is 1. The Morgan fingerprint density at radius 1 is 1.31 bits per heavy atom. The van der Waals surface area contributed by atoms with Gasteiger partial charge >= 0.3 is 0 Å². The molecular formula is C22H25N5O2. The zero-order chi connectivity index (χ0) is 20.2. The number of carbonyl (C=O) groups is 1. The standard InChI is InChI=1S/C12H13N3O.C10H12N2O/c1-7-14-12-11(16-7)10(2-3-13-12)15-5-8-4-9(8)6-15;1-2-12-10(13)6-5-9-4-3-7-11-8-9/h2-3,8-9H,4-6H2,1H3;3-8H,2H2,1H3,(H,12,13)/b;6-5+. The van der Waals surface area contributed by atoms with Gasteiger partial charge in [0, 0.05) is 51.2 Å². The topological polar surface area (TPSA) is 84.2 Å². The van der Waals surface area contributed by atoms with Crippen LogP contribution in [0.1, 0.15) is 24.8 Å². The van der Waals surface area contributed by atoms with Crippen molar-refractivity contribution in [2.45, 2.75) is 20.3 Å². The fourth-order valence-corrected chi connectivity index (χ4v) is 3.65. The van der Waals surface area contributed by atoms with Crippen LogP contribution in [0.25, 0.3) is 17.3 Å². The second-order valence-electron chi connectivity index (χ2n) is 7.39. The molecule has 3 aromatic heterocycles. The number of nitrogens with zero attached hydrogens (tertiary/aromatic N) is 4. The van der Waals surface area contributed by atoms with Crippen molar-refractivity contribution < 1.29 is 9.21 Å². The number of amides is 1. The molecule has 0 radical (unpaired) electrons. The summed E-state index contributed by atoms with van der Waals surface area (Å²) in [6, 6.07) is 5.76. The Labute approximate surface area is 169 Å². The Bertz CT molecular complexity index is 1000. The largest absolute Gasteiger partial charge is 0.437 e. The third kappa shape index (κ3) is 4.62. The van der Waals surface area contributed by atoms with Crippen molar-refractivity contribution in [3.05, 3.63) is 54.3 Å². The van der Waals surface area contributed by atoms with E-state index in [4.69, 9.17) is 4.42 Å². The predicted molar refractivity (Wildman–Crippen MR) is 112 cm³/mol. The van der Waals surface area contributed by atoms with E-state index in [0.717, 1.165) is 34.3 Å². The number of aryl methyl sites for hydroxylation is 1. The minimum absolute atomic E-state index is 0.0775. The van der Waals surface area contributed by atoms with E-state index in [0.29, 0.717) is 12.4 Å². The van der Waals surface area contributed by atoms with Crippen LogP contribution in [0.5, 0.6) is 0 Å². The summed E-state index contributed by atoms with van der Waals surface area (Å²) in [5.74, 6) is 2.46. The molecule has 29 heavy (non-hydrogen) atoms. The van der Waals surface area contributed by atoms with Gasteiger partial charge in [-0.05, 0) is 49.0 Å². The molecule has 0 aromatic carbocycles. The van der Waals surface area contributed by atoms with Crippen LogP contribution in [0.4, 0.5) is 5.69 Å². The second kappa shape index (κ2) is 8.43. The number of aromatic nitrogens is 3. The third-order valence-corrected chi connectivity index (χ3v) is 5.16. The molecule has 7 nitrogen and oxygen atoms in total. The van der Waals surface area contributed by atoms with Crippen molar-refractivity contribution in [2.75, 3.05) is 24.5 Å². The van der Waals surface area contributed by atoms with Crippen molar-refractivity contribution in [1.29, 1.82) is 0 Å². The van der Waals surface area contributed by atoms with Crippen LogP contribution in [-0.2, 0) is 4.79 Å². The van der Waals surface area contributed by atoms with Crippen molar-refractivity contribution in [3.8, 4) is 0 Å². The number of rotatable bonds is 4. The highest BCUT2D eigenvalue weighted by Gasteiger charge is 2.45. The molecule has 5 rings (SSSR count). The van der Waals surface area contributed by atoms with E-state index < -0.39 is 0 Å². The van der Waals surface area contributed by atoms with E-state index in [-0.39, 0.29) is 5.91 Å². The van der Waals surface area contributed by atoms with Gasteiger partial charge in [-0.2, -0.15) is 4.98 Å². The molecule has 1 saturated carbocycles. The minimum Gasteiger partial charge on any atom is -0.437 e. The maximum Gasteiger partial charge on any atom is 0.243 e. The molecule has 4 heterocycles. The van der Waals surface area contributed by atoms with Crippen LogP contribution in [0.3, 0.4) is 0 Å². The van der Waals surface area contributed by atoms with Crippen LogP contribution >= 0.6 is 0 Å². The normalized spacial score (nSPS) is 19.7. The highest BCUT2D eigenvalue weighted by Crippen LogP contribution is 2.47. The summed E-state index contributed by atoms with van der Waals surface area (Å²) >= 11 is 0. The summed E-state index contributed by atoms with van der Waals surface area (Å²) in [4.78, 5) is 25.8. The lowest BCUT2D eigenvalue weighted by Crippen LogP contribution is -2.21. The second-order valence-corrected chi connectivity index (χ2v) is 7.39. The Kier molecular flexibility index (Phi) is 5.55. The molecule has 2 aliphatic rings. The number of likely N-dealkylation sites (N-methyl/N-ethyl adjacent to an activating group) is 1. The van der Waals surface area contributed by atoms with Gasteiger partial charge in [0.1, 0.15) is 0 Å². The molecule has 3 aromatic rings. The molecular weight excluding hydrogens is 366 g/mol. The summed E-state index contributed by atoms with van der Waals surface area (Å²) in [5, 5.41) is 2.67. The molecule has 1 aliphatic carbocycles. The van der Waals surface area contributed by atoms with Gasteiger partial charge in [0.05, 0.1) is 5.69 Å². The SMILES string of the molecule is CCNC(=O)/C=C/c1cccnc1.Cc1nc2nccc(N3CC4CC4C3)c2o1. The van der Waals surface area contributed by atoms with E-state index >= 15 is 0 Å². The molecule has 1 aliphatic heterocycles. The van der Waals surface area contributed by atoms with Crippen LogP contribution in [0, 0.1) is 18.8 Å². The number of fused-ring (bicyclic) bond motifs is 2. The van der Waals surface area contributed by atoms with Gasteiger partial charge in [-0.15, -0.1) is 0 Å². The molecule has 1 saturated heterocycles. The number of nitrogens with one attached hydrogen (secondary N) is 1. The fourth-order valence-electron chi connectivity index (χ4n) is 3.65. The fraction of sp³-hybridized carbons (Fsp3) is 0.364. The lowest BCUT2D eigenvalue weighted by Gasteiger charge is -2.19. The van der Waals surface area contributed by atoms with Crippen molar-refractivity contribution in [1.82, 2.24) is 20.3 Å². The maximum atomic E-state index is 11.0. The lowest BCUT2D eigenvalue weighted by atomic mass is 10.2. The lowest BCUT2D eigenvalue weighted by molar-refractivity contribution is -0.116. The minimum atomic E-state index is -0.0775. The highest BCUT2D eigenvalue weighted by molar-refractivity contribution is 5.91. The molecule has 0 spiro atoms. The Balaban J connectivity index is 0.000000146. The molecule has 0 bridgehead atoms. The molecule has 1 N–H and O–H groups in total. The number of pyridine rings is 2. The van der Waals surface area contributed by atoms with Crippen LogP contribution in [0.2, 0.25) is 0 Å². The van der Waals surface area contributed by atoms with Gasteiger partial charge in [-0.3, -0.25) is 9.78 Å². The smallest absolute Gasteiger partial charge is 0.243 e. The Hall–Kier alpha value is -3.22. The van der Waals surface area contributed by atoms with Gasteiger partial charge < -0.3 is 14.6 Å². The molecule has 7 heteroatoms. The van der Waals surface area contributed by atoms with Gasteiger partial charge in [0.2, 0.25) is 11.6 Å². The predicted octanol–water partition coefficient (Wildman–Crippen LogP) is 3.22. The van der Waals surface area contributed by atoms with Gasteiger partial charge in [0.25, 0.3) is 0 Å². The summed E-state index contributed by atoms with van der Waals surface area (Å²) < 4.78 is 5.65. The Morgan fingerprint density at radius 2 is 2.14 bits per heavy atom. The number of anilines is 1. The average molecular weight is 391 g/mol. The first-order chi connectivity index (χ1) is 14.1. The molecule has 150 valence electrons. The summed E-state index contributed by atoms with van der Waals surface area (Å²) in [6.45, 7) is 6.74. The first-order valence-corrected chi connectivity index (χ1v) is 9.97. The van der Waals surface area contributed by atoms with Crippen LogP contribution in [-0.4, -0.2) is 40.5 Å². The van der Waals surface area contributed by atoms with Crippen molar-refractivity contribution in [3.63, 3.8) is 0 Å². The first kappa shape index (κ1) is 19.1. The van der Waals surface area contributed by atoms with Gasteiger partial charge in [0.15, 0.2) is 11.5 Å². The Morgan fingerprint density at radius 3 is 2.86 bits per heavy atom. The van der Waals surface area contributed by atoms with E-state index in [1.165, 1.54) is 25.6 Å². The van der Waals surface area contributed by atoms with E-state index in [2.05, 4.69) is 25.2 Å². The zero-order valence-corrected chi connectivity index (χ0v) is 16.7. The van der Waals surface area contributed by atoms with Gasteiger partial charge in [-0.25, -0.2) is 4.98 Å². The summed E-state index contributed by atoms with van der Waals surface area (Å²) in [6.07, 6.45) is 9.88. The van der Waals surface area contributed by atoms with Gasteiger partial charge in [-0.1, -0.05) is 6.07 Å². The van der Waals surface area contributed by atoms with Crippen molar-refractivity contribution >= 4 is 28.9 Å².